The minimum Gasteiger partial charge on any atom is -0.309 e. The highest BCUT2D eigenvalue weighted by Crippen LogP contribution is 2.35. The molecule has 0 N–H and O–H groups in total. The predicted octanol–water partition coefficient (Wildman–Crippen LogP) is 12.5. The first kappa shape index (κ1) is 31.8. The van der Waals surface area contributed by atoms with Gasteiger partial charge in [-0.3, -0.25) is 0 Å². The molecule has 4 nitrogen and oxygen atoms in total. The number of aromatic nitrogens is 2. The lowest BCUT2D eigenvalue weighted by Gasteiger charge is -2.08. The van der Waals surface area contributed by atoms with Gasteiger partial charge in [-0.2, -0.15) is 10.5 Å². The van der Waals surface area contributed by atoms with Gasteiger partial charge in [0.25, 0.3) is 0 Å². The Kier molecular flexibility index (Phi) is 9.72. The molecule has 0 aliphatic carbocycles. The number of rotatable bonds is 2. The molecular formula is C38H22Br4N4. The minimum absolute atomic E-state index is 0.659. The second-order valence-corrected chi connectivity index (χ2v) is 12.2. The second kappa shape index (κ2) is 14.1. The van der Waals surface area contributed by atoms with Crippen LogP contribution in [0, 0.1) is 22.7 Å². The highest BCUT2D eigenvalue weighted by molar-refractivity contribution is 9.93. The number of nitriles is 2. The number of nitrogens with zero attached hydrogens (tertiary/aromatic N) is 4. The molecule has 6 aromatic carbocycles. The maximum Gasteiger partial charge on any atom is 0.0992 e. The van der Waals surface area contributed by atoms with E-state index in [-0.39, 0.29) is 0 Å². The summed E-state index contributed by atoms with van der Waals surface area (Å²) in [6, 6.07) is 49.1. The van der Waals surface area contributed by atoms with E-state index >= 15 is 0 Å². The topological polar surface area (TPSA) is 57.4 Å². The molecule has 46 heavy (non-hydrogen) atoms. The van der Waals surface area contributed by atoms with Crippen molar-refractivity contribution in [1.82, 2.24) is 9.13 Å². The molecule has 8 heteroatoms. The van der Waals surface area contributed by atoms with Crippen LogP contribution in [0.5, 0.6) is 0 Å². The van der Waals surface area contributed by atoms with Crippen LogP contribution in [-0.4, -0.2) is 9.13 Å². The van der Waals surface area contributed by atoms with E-state index < -0.39 is 0 Å². The Morgan fingerprint density at radius 1 is 0.413 bits per heavy atom. The summed E-state index contributed by atoms with van der Waals surface area (Å²) in [5, 5.41) is 23.1. The van der Waals surface area contributed by atoms with E-state index in [0.29, 0.717) is 11.1 Å². The van der Waals surface area contributed by atoms with E-state index in [1.165, 1.54) is 21.5 Å². The first-order valence-electron chi connectivity index (χ1n) is 14.1. The van der Waals surface area contributed by atoms with Gasteiger partial charge < -0.3 is 9.13 Å². The predicted molar refractivity (Wildman–Crippen MR) is 204 cm³/mol. The third-order valence-corrected chi connectivity index (χ3v) is 8.72. The van der Waals surface area contributed by atoms with Crippen LogP contribution in [0.25, 0.3) is 55.0 Å². The molecule has 0 amide bonds. The van der Waals surface area contributed by atoms with Crippen LogP contribution in [-0.2, 0) is 0 Å². The summed E-state index contributed by atoms with van der Waals surface area (Å²) in [6.45, 7) is 0. The summed E-state index contributed by atoms with van der Waals surface area (Å²) >= 11 is 12.6. The number of fused-ring (bicyclic) bond motifs is 6. The summed E-state index contributed by atoms with van der Waals surface area (Å²) in [7, 11) is 0. The fourth-order valence-corrected chi connectivity index (χ4v) is 6.60. The zero-order valence-electron chi connectivity index (χ0n) is 24.0. The molecule has 8 rings (SSSR count). The second-order valence-electron chi connectivity index (χ2n) is 10.4. The average Bonchev–Trinajstić information content (AvgIpc) is 3.61. The van der Waals surface area contributed by atoms with Crippen molar-refractivity contribution in [2.45, 2.75) is 0 Å². The Bertz CT molecular complexity index is 2350. The van der Waals surface area contributed by atoms with Crippen molar-refractivity contribution in [1.29, 1.82) is 10.5 Å². The van der Waals surface area contributed by atoms with Gasteiger partial charge in [-0.15, -0.1) is 0 Å². The first-order chi connectivity index (χ1) is 22.6. The number of para-hydroxylation sites is 2. The summed E-state index contributed by atoms with van der Waals surface area (Å²) in [6.07, 6.45) is 0. The molecule has 0 atom stereocenters. The summed E-state index contributed by atoms with van der Waals surface area (Å²) in [5.41, 5.74) is 7.91. The normalized spacial score (nSPS) is 10.6. The largest absolute Gasteiger partial charge is 0.309 e. The van der Waals surface area contributed by atoms with Gasteiger partial charge in [-0.1, -0.05) is 80.4 Å². The van der Waals surface area contributed by atoms with Gasteiger partial charge in [0, 0.05) is 70.1 Å². The minimum atomic E-state index is 0.659. The lowest BCUT2D eigenvalue weighted by atomic mass is 10.2. The van der Waals surface area contributed by atoms with Gasteiger partial charge in [0.1, 0.15) is 0 Å². The zero-order valence-corrected chi connectivity index (χ0v) is 30.3. The fraction of sp³-hybridized carbons (Fsp3) is 0. The zero-order chi connectivity index (χ0) is 32.2. The van der Waals surface area contributed by atoms with Gasteiger partial charge >= 0.3 is 0 Å². The van der Waals surface area contributed by atoms with Crippen LogP contribution in [0.2, 0.25) is 0 Å². The molecule has 0 radical (unpaired) electrons. The van der Waals surface area contributed by atoms with Gasteiger partial charge in [-0.05, 0) is 84.9 Å². The third-order valence-electron chi connectivity index (χ3n) is 7.74. The monoisotopic (exact) mass is 850 g/mol. The average molecular weight is 854 g/mol. The molecule has 0 saturated carbocycles. The van der Waals surface area contributed by atoms with Crippen LogP contribution in [0.4, 0.5) is 0 Å². The van der Waals surface area contributed by atoms with E-state index in [9.17, 15) is 5.26 Å². The molecule has 0 unspecified atom stereocenters. The molecule has 0 saturated heterocycles. The van der Waals surface area contributed by atoms with Crippen molar-refractivity contribution >= 4 is 104 Å². The van der Waals surface area contributed by atoms with Gasteiger partial charge in [-0.25, -0.2) is 0 Å². The lowest BCUT2D eigenvalue weighted by molar-refractivity contribution is 1.18. The molecule has 0 fully saturated rings. The SMILES string of the molecule is BrBr.N#Cc1cccc(-n2c3ccc(Br)cc3c3cc(Br)ccc32)c1.N#Cc1cccc(-n2c3ccccc3c3ccccc32)c1. The third kappa shape index (κ3) is 6.02. The molecule has 0 aliphatic heterocycles. The summed E-state index contributed by atoms with van der Waals surface area (Å²) < 4.78 is 6.51. The Balaban J connectivity index is 0.000000154. The van der Waals surface area contributed by atoms with Gasteiger partial charge in [0.2, 0.25) is 0 Å². The van der Waals surface area contributed by atoms with Crippen LogP contribution in [0.1, 0.15) is 11.1 Å². The Morgan fingerprint density at radius 2 is 0.804 bits per heavy atom. The van der Waals surface area contributed by atoms with E-state index in [2.05, 4.69) is 142 Å². The molecule has 222 valence electrons. The number of halogens is 4. The van der Waals surface area contributed by atoms with Crippen molar-refractivity contribution in [2.24, 2.45) is 0 Å². The van der Waals surface area contributed by atoms with E-state index in [0.717, 1.165) is 42.4 Å². The number of hydrogen-bond acceptors (Lipinski definition) is 2. The summed E-state index contributed by atoms with van der Waals surface area (Å²) in [5.74, 6) is 0. The van der Waals surface area contributed by atoms with Crippen LogP contribution < -0.4 is 0 Å². The Labute approximate surface area is 298 Å². The molecular weight excluding hydrogens is 832 g/mol. The Hall–Kier alpha value is -4.18. The first-order valence-corrected chi connectivity index (χ1v) is 19.4. The van der Waals surface area contributed by atoms with Crippen LogP contribution in [0.15, 0.2) is 142 Å². The van der Waals surface area contributed by atoms with Crippen molar-refractivity contribution < 1.29 is 0 Å². The molecule has 0 aliphatic rings. The molecule has 8 aromatic rings. The molecule has 0 spiro atoms. The molecule has 2 aromatic heterocycles. The highest BCUT2D eigenvalue weighted by atomic mass is 80.9. The smallest absolute Gasteiger partial charge is 0.0992 e. The highest BCUT2D eigenvalue weighted by Gasteiger charge is 2.14. The quantitative estimate of drug-likeness (QED) is 0.174. The number of benzene rings is 6. The summed E-state index contributed by atoms with van der Waals surface area (Å²) in [4.78, 5) is 0. The lowest BCUT2D eigenvalue weighted by Crippen LogP contribution is -1.94. The van der Waals surface area contributed by atoms with Crippen molar-refractivity contribution in [3.05, 3.63) is 154 Å². The fourth-order valence-electron chi connectivity index (χ4n) is 5.88. The van der Waals surface area contributed by atoms with Gasteiger partial charge in [0.15, 0.2) is 0 Å². The van der Waals surface area contributed by atoms with Crippen LogP contribution in [0.3, 0.4) is 0 Å². The maximum atomic E-state index is 9.19. The van der Waals surface area contributed by atoms with Crippen molar-refractivity contribution in [2.75, 3.05) is 0 Å². The van der Waals surface area contributed by atoms with E-state index in [1.54, 1.807) is 0 Å². The van der Waals surface area contributed by atoms with Crippen LogP contribution >= 0.6 is 60.1 Å². The van der Waals surface area contributed by atoms with Crippen molar-refractivity contribution in [3.63, 3.8) is 0 Å². The standard InChI is InChI=1S/C19H10Br2N2.C19H12N2.Br2/c20-13-4-6-18-16(9-13)17-10-14(21)5-7-19(17)23(18)15-3-1-2-12(8-15)11-22;20-13-14-6-5-7-15(12-14)21-18-10-3-1-8-16(18)17-9-2-4-11-19(17)21;1-2/h1-10H;1-12H;. The number of hydrogen-bond donors (Lipinski definition) is 0. The van der Waals surface area contributed by atoms with E-state index in [1.807, 2.05) is 72.8 Å². The molecule has 0 bridgehead atoms. The van der Waals surface area contributed by atoms with Crippen molar-refractivity contribution in [3.8, 4) is 23.5 Å². The Morgan fingerprint density at radius 3 is 1.22 bits per heavy atom. The van der Waals surface area contributed by atoms with Gasteiger partial charge in [0.05, 0.1) is 45.3 Å². The molecule has 2 heterocycles. The van der Waals surface area contributed by atoms with E-state index in [4.69, 9.17) is 5.26 Å². The maximum absolute atomic E-state index is 9.19.